The summed E-state index contributed by atoms with van der Waals surface area (Å²) in [5, 5.41) is 22.4. The van der Waals surface area contributed by atoms with E-state index in [1.165, 1.54) is 12.1 Å². The van der Waals surface area contributed by atoms with Crippen LogP contribution in [-0.2, 0) is 6.42 Å². The number of nitro groups is 1. The highest BCUT2D eigenvalue weighted by atomic mass is 16.6. The average Bonchev–Trinajstić information content (AvgIpc) is 2.58. The van der Waals surface area contributed by atoms with E-state index < -0.39 is 4.92 Å². The Labute approximate surface area is 80.5 Å². The fourth-order valence-electron chi connectivity index (χ4n) is 1.64. The maximum Gasteiger partial charge on any atom is 0.271 e. The molecule has 1 aliphatic heterocycles. The van der Waals surface area contributed by atoms with E-state index in [4.69, 9.17) is 5.11 Å². The number of anilines is 1. The van der Waals surface area contributed by atoms with Gasteiger partial charge in [-0.1, -0.05) is 6.07 Å². The predicted octanol–water partition coefficient (Wildman–Crippen LogP) is 0.924. The molecule has 0 aromatic heterocycles. The van der Waals surface area contributed by atoms with Crippen molar-refractivity contribution in [1.82, 2.24) is 0 Å². The van der Waals surface area contributed by atoms with Gasteiger partial charge < -0.3 is 10.4 Å². The molecule has 1 aliphatic rings. The van der Waals surface area contributed by atoms with Crippen LogP contribution in [0, 0.1) is 10.1 Å². The van der Waals surface area contributed by atoms with Crippen molar-refractivity contribution in [3.63, 3.8) is 0 Å². The number of nitrogens with zero attached hydrogens (tertiary/aromatic N) is 1. The van der Waals surface area contributed by atoms with Crippen molar-refractivity contribution in [2.45, 2.75) is 12.5 Å². The molecule has 2 rings (SSSR count). The van der Waals surface area contributed by atoms with Gasteiger partial charge in [0.2, 0.25) is 0 Å². The molecular formula is C9H10N2O3. The fourth-order valence-corrected chi connectivity index (χ4v) is 1.64. The zero-order chi connectivity index (χ0) is 10.1. The first-order chi connectivity index (χ1) is 6.70. The molecule has 74 valence electrons. The Kier molecular flexibility index (Phi) is 2.09. The van der Waals surface area contributed by atoms with Crippen LogP contribution in [0.1, 0.15) is 5.56 Å². The number of benzene rings is 1. The van der Waals surface area contributed by atoms with Crippen molar-refractivity contribution in [3.05, 3.63) is 33.9 Å². The Morgan fingerprint density at radius 1 is 1.64 bits per heavy atom. The highest BCUT2D eigenvalue weighted by Crippen LogP contribution is 2.29. The van der Waals surface area contributed by atoms with E-state index in [9.17, 15) is 10.1 Å². The third-order valence-electron chi connectivity index (χ3n) is 2.35. The Bertz CT molecular complexity index is 378. The quantitative estimate of drug-likeness (QED) is 0.542. The van der Waals surface area contributed by atoms with Crippen LogP contribution in [0.4, 0.5) is 11.4 Å². The molecule has 0 saturated carbocycles. The third kappa shape index (κ3) is 1.42. The second kappa shape index (κ2) is 3.26. The lowest BCUT2D eigenvalue weighted by Crippen LogP contribution is -2.19. The average molecular weight is 194 g/mol. The van der Waals surface area contributed by atoms with Crippen molar-refractivity contribution in [2.75, 3.05) is 11.9 Å². The van der Waals surface area contributed by atoms with Crippen molar-refractivity contribution in [2.24, 2.45) is 0 Å². The molecule has 14 heavy (non-hydrogen) atoms. The lowest BCUT2D eigenvalue weighted by molar-refractivity contribution is -0.384. The smallest absolute Gasteiger partial charge is 0.271 e. The monoisotopic (exact) mass is 194 g/mol. The molecular weight excluding hydrogens is 184 g/mol. The van der Waals surface area contributed by atoms with Gasteiger partial charge in [-0.05, 0) is 12.0 Å². The number of aliphatic hydroxyl groups excluding tert-OH is 1. The second-order valence-electron chi connectivity index (χ2n) is 3.33. The van der Waals surface area contributed by atoms with Crippen LogP contribution in [0.2, 0.25) is 0 Å². The van der Waals surface area contributed by atoms with Crippen molar-refractivity contribution in [1.29, 1.82) is 0 Å². The van der Waals surface area contributed by atoms with Crippen LogP contribution >= 0.6 is 0 Å². The minimum Gasteiger partial charge on any atom is -0.394 e. The molecule has 5 heteroatoms. The van der Waals surface area contributed by atoms with Gasteiger partial charge in [-0.3, -0.25) is 10.1 Å². The minimum atomic E-state index is -0.422. The Hall–Kier alpha value is -1.62. The number of rotatable bonds is 2. The number of fused-ring (bicyclic) bond motifs is 1. The van der Waals surface area contributed by atoms with E-state index in [2.05, 4.69) is 5.32 Å². The summed E-state index contributed by atoms with van der Waals surface area (Å²) in [5.41, 5.74) is 1.86. The highest BCUT2D eigenvalue weighted by molar-refractivity contribution is 5.61. The first kappa shape index (κ1) is 8.96. The zero-order valence-electron chi connectivity index (χ0n) is 7.43. The molecule has 0 unspecified atom stereocenters. The van der Waals surface area contributed by atoms with E-state index in [-0.39, 0.29) is 18.3 Å². The van der Waals surface area contributed by atoms with Crippen LogP contribution in [-0.4, -0.2) is 22.7 Å². The van der Waals surface area contributed by atoms with Crippen LogP contribution < -0.4 is 5.32 Å². The Balaban J connectivity index is 2.31. The van der Waals surface area contributed by atoms with Gasteiger partial charge in [-0.15, -0.1) is 0 Å². The lowest BCUT2D eigenvalue weighted by Gasteiger charge is -2.04. The first-order valence-corrected chi connectivity index (χ1v) is 4.35. The van der Waals surface area contributed by atoms with Gasteiger partial charge in [0.1, 0.15) is 0 Å². The summed E-state index contributed by atoms with van der Waals surface area (Å²) in [5.74, 6) is 0. The first-order valence-electron chi connectivity index (χ1n) is 4.35. The number of hydrogen-bond acceptors (Lipinski definition) is 4. The van der Waals surface area contributed by atoms with E-state index in [0.717, 1.165) is 17.7 Å². The standard InChI is InChI=1S/C9H10N2O3/c12-5-7-3-6-1-2-8(11(13)14)4-9(6)10-7/h1-2,4,7,10,12H,3,5H2/t7-/m1/s1. The fraction of sp³-hybridized carbons (Fsp3) is 0.333. The van der Waals surface area contributed by atoms with E-state index >= 15 is 0 Å². The molecule has 0 aliphatic carbocycles. The molecule has 1 aromatic rings. The Morgan fingerprint density at radius 2 is 2.43 bits per heavy atom. The van der Waals surface area contributed by atoms with Gasteiger partial charge in [0.25, 0.3) is 5.69 Å². The molecule has 0 saturated heterocycles. The van der Waals surface area contributed by atoms with Gasteiger partial charge in [-0.25, -0.2) is 0 Å². The van der Waals surface area contributed by atoms with Gasteiger partial charge in [0, 0.05) is 17.8 Å². The molecule has 1 aromatic carbocycles. The summed E-state index contributed by atoms with van der Waals surface area (Å²) in [6, 6.07) is 4.72. The largest absolute Gasteiger partial charge is 0.394 e. The second-order valence-corrected chi connectivity index (χ2v) is 3.33. The number of aliphatic hydroxyl groups is 1. The summed E-state index contributed by atoms with van der Waals surface area (Å²) in [4.78, 5) is 10.1. The molecule has 5 nitrogen and oxygen atoms in total. The molecule has 0 fully saturated rings. The molecule has 0 bridgehead atoms. The van der Waals surface area contributed by atoms with Crippen molar-refractivity contribution < 1.29 is 10.0 Å². The summed E-state index contributed by atoms with van der Waals surface area (Å²) in [6.07, 6.45) is 0.726. The summed E-state index contributed by atoms with van der Waals surface area (Å²) < 4.78 is 0. The summed E-state index contributed by atoms with van der Waals surface area (Å²) in [6.45, 7) is 0.0441. The van der Waals surface area contributed by atoms with E-state index in [0.29, 0.717) is 0 Å². The SMILES string of the molecule is O=[N+]([O-])c1ccc2c(c1)N[C@@H](CO)C2. The maximum atomic E-state index is 10.5. The molecule has 1 atom stereocenters. The number of non-ortho nitro benzene ring substituents is 1. The zero-order valence-corrected chi connectivity index (χ0v) is 7.43. The molecule has 1 heterocycles. The molecule has 0 spiro atoms. The Morgan fingerprint density at radius 3 is 3.07 bits per heavy atom. The van der Waals surface area contributed by atoms with Gasteiger partial charge in [0.15, 0.2) is 0 Å². The van der Waals surface area contributed by atoms with Gasteiger partial charge >= 0.3 is 0 Å². The van der Waals surface area contributed by atoms with E-state index in [1.54, 1.807) is 6.07 Å². The topological polar surface area (TPSA) is 75.4 Å². The minimum absolute atomic E-state index is 0.00740. The van der Waals surface area contributed by atoms with Gasteiger partial charge in [0.05, 0.1) is 17.6 Å². The summed E-state index contributed by atoms with van der Waals surface area (Å²) in [7, 11) is 0. The van der Waals surface area contributed by atoms with Crippen molar-refractivity contribution in [3.8, 4) is 0 Å². The third-order valence-corrected chi connectivity index (χ3v) is 2.35. The maximum absolute atomic E-state index is 10.5. The molecule has 2 N–H and O–H groups in total. The number of nitrogens with one attached hydrogen (secondary N) is 1. The normalized spacial score (nSPS) is 18.8. The lowest BCUT2D eigenvalue weighted by atomic mass is 10.1. The van der Waals surface area contributed by atoms with Gasteiger partial charge in [-0.2, -0.15) is 0 Å². The predicted molar refractivity (Wildman–Crippen MR) is 51.3 cm³/mol. The number of nitro benzene ring substituents is 1. The molecule has 0 radical (unpaired) electrons. The van der Waals surface area contributed by atoms with Crippen molar-refractivity contribution >= 4 is 11.4 Å². The summed E-state index contributed by atoms with van der Waals surface area (Å²) >= 11 is 0. The number of hydrogen-bond donors (Lipinski definition) is 2. The highest BCUT2D eigenvalue weighted by Gasteiger charge is 2.21. The van der Waals surface area contributed by atoms with E-state index in [1.807, 2.05) is 0 Å². The van der Waals surface area contributed by atoms with Crippen LogP contribution in [0.3, 0.4) is 0 Å². The van der Waals surface area contributed by atoms with Crippen LogP contribution in [0.15, 0.2) is 18.2 Å². The molecule has 0 amide bonds. The van der Waals surface area contributed by atoms with Crippen LogP contribution in [0.25, 0.3) is 0 Å². The van der Waals surface area contributed by atoms with Crippen LogP contribution in [0.5, 0.6) is 0 Å².